The molecule has 0 aliphatic carbocycles. The molecule has 14 heavy (non-hydrogen) atoms. The Morgan fingerprint density at radius 3 is 3.00 bits per heavy atom. The molecule has 2 rings (SSSR count). The molecule has 1 nitrogen and oxygen atoms in total. The fourth-order valence-corrected chi connectivity index (χ4v) is 1.87. The number of benzene rings is 1. The lowest BCUT2D eigenvalue weighted by Gasteiger charge is -2.10. The second kappa shape index (κ2) is 4.16. The first kappa shape index (κ1) is 9.75. The van der Waals surface area contributed by atoms with Crippen LogP contribution in [0.5, 0.6) is 0 Å². The van der Waals surface area contributed by atoms with Gasteiger partial charge in [-0.3, -0.25) is 0 Å². The molecule has 0 saturated heterocycles. The van der Waals surface area contributed by atoms with Crippen LogP contribution in [-0.4, -0.2) is 12.6 Å². The predicted octanol–water partition coefficient (Wildman–Crippen LogP) is 2.72. The summed E-state index contributed by atoms with van der Waals surface area (Å²) in [6, 6.07) is 6.74. The van der Waals surface area contributed by atoms with Crippen molar-refractivity contribution in [2.24, 2.45) is 0 Å². The van der Waals surface area contributed by atoms with Crippen LogP contribution in [0.15, 0.2) is 30.4 Å². The predicted molar refractivity (Wildman–Crippen MR) is 60.8 cm³/mol. The Morgan fingerprint density at radius 2 is 2.36 bits per heavy atom. The van der Waals surface area contributed by atoms with Crippen LogP contribution < -0.4 is 5.32 Å². The summed E-state index contributed by atoms with van der Waals surface area (Å²) in [5, 5.41) is 4.25. The van der Waals surface area contributed by atoms with Crippen LogP contribution in [0.2, 0.25) is 5.02 Å². The fraction of sp³-hybridized carbons (Fsp3) is 0.333. The molecule has 1 heterocycles. The van der Waals surface area contributed by atoms with Crippen LogP contribution in [0.3, 0.4) is 0 Å². The molecule has 1 aromatic carbocycles. The molecular weight excluding hydrogens is 194 g/mol. The summed E-state index contributed by atoms with van der Waals surface area (Å²) in [5.74, 6) is 0. The number of rotatable bonds is 2. The summed E-state index contributed by atoms with van der Waals surface area (Å²) in [7, 11) is 0. The summed E-state index contributed by atoms with van der Waals surface area (Å²) >= 11 is 5.97. The van der Waals surface area contributed by atoms with E-state index in [1.165, 1.54) is 5.56 Å². The maximum absolute atomic E-state index is 5.97. The molecule has 1 aromatic rings. The van der Waals surface area contributed by atoms with Crippen molar-refractivity contribution in [3.63, 3.8) is 0 Å². The van der Waals surface area contributed by atoms with E-state index in [9.17, 15) is 0 Å². The maximum Gasteiger partial charge on any atom is 0.0435 e. The first-order chi connectivity index (χ1) is 6.75. The normalized spacial score (nSPS) is 20.3. The van der Waals surface area contributed by atoms with Crippen molar-refractivity contribution in [1.82, 2.24) is 5.32 Å². The summed E-state index contributed by atoms with van der Waals surface area (Å²) in [6.45, 7) is 3.04. The molecule has 0 fully saturated rings. The van der Waals surface area contributed by atoms with Crippen molar-refractivity contribution >= 4 is 11.6 Å². The molecule has 0 radical (unpaired) electrons. The summed E-state index contributed by atoms with van der Waals surface area (Å²) in [6.07, 6.45) is 5.45. The van der Waals surface area contributed by atoms with Crippen molar-refractivity contribution in [3.05, 3.63) is 46.5 Å². The average Bonchev–Trinajstić information content (AvgIpc) is 2.64. The number of nitrogens with one attached hydrogen (secondary N) is 1. The minimum absolute atomic E-state index is 0.496. The molecule has 0 saturated carbocycles. The van der Waals surface area contributed by atoms with Gasteiger partial charge in [-0.05, 0) is 30.5 Å². The minimum Gasteiger partial charge on any atom is -0.307 e. The van der Waals surface area contributed by atoms with Crippen LogP contribution in [0, 0.1) is 6.92 Å². The van der Waals surface area contributed by atoms with Gasteiger partial charge in [-0.15, -0.1) is 0 Å². The van der Waals surface area contributed by atoms with E-state index in [1.54, 1.807) is 0 Å². The van der Waals surface area contributed by atoms with Gasteiger partial charge in [0.1, 0.15) is 0 Å². The van der Waals surface area contributed by atoms with Crippen molar-refractivity contribution in [2.75, 3.05) is 6.54 Å². The highest BCUT2D eigenvalue weighted by Crippen LogP contribution is 2.17. The molecule has 1 aliphatic rings. The Balaban J connectivity index is 2.09. The zero-order chi connectivity index (χ0) is 9.97. The number of aryl methyl sites for hydroxylation is 1. The Kier molecular flexibility index (Phi) is 2.90. The lowest BCUT2D eigenvalue weighted by molar-refractivity contribution is 0.665. The maximum atomic E-state index is 5.97. The molecule has 0 aromatic heterocycles. The van der Waals surface area contributed by atoms with Crippen LogP contribution >= 0.6 is 11.6 Å². The van der Waals surface area contributed by atoms with E-state index in [0.29, 0.717) is 6.04 Å². The zero-order valence-corrected chi connectivity index (χ0v) is 9.01. The number of halogens is 1. The van der Waals surface area contributed by atoms with Crippen molar-refractivity contribution in [2.45, 2.75) is 19.4 Å². The van der Waals surface area contributed by atoms with Gasteiger partial charge in [0.05, 0.1) is 0 Å². The van der Waals surface area contributed by atoms with Gasteiger partial charge in [0.15, 0.2) is 0 Å². The first-order valence-corrected chi connectivity index (χ1v) is 5.28. The van der Waals surface area contributed by atoms with E-state index in [1.807, 2.05) is 13.0 Å². The second-order valence-corrected chi connectivity index (χ2v) is 4.14. The lowest BCUT2D eigenvalue weighted by Crippen LogP contribution is -2.24. The van der Waals surface area contributed by atoms with Crippen LogP contribution in [0.25, 0.3) is 0 Å². The van der Waals surface area contributed by atoms with Gasteiger partial charge in [-0.2, -0.15) is 0 Å². The van der Waals surface area contributed by atoms with E-state index >= 15 is 0 Å². The highest BCUT2D eigenvalue weighted by atomic mass is 35.5. The fourth-order valence-electron chi connectivity index (χ4n) is 1.75. The van der Waals surface area contributed by atoms with Crippen molar-refractivity contribution < 1.29 is 0 Å². The Labute approximate surface area is 89.8 Å². The summed E-state index contributed by atoms with van der Waals surface area (Å²) < 4.78 is 0. The van der Waals surface area contributed by atoms with Gasteiger partial charge in [0, 0.05) is 17.6 Å². The molecule has 1 N–H and O–H groups in total. The highest BCUT2D eigenvalue weighted by molar-refractivity contribution is 6.31. The molecule has 1 aliphatic heterocycles. The third-order valence-electron chi connectivity index (χ3n) is 2.54. The lowest BCUT2D eigenvalue weighted by atomic mass is 10.0. The van der Waals surface area contributed by atoms with Crippen molar-refractivity contribution in [1.29, 1.82) is 0 Å². The van der Waals surface area contributed by atoms with E-state index in [4.69, 9.17) is 11.6 Å². The van der Waals surface area contributed by atoms with Gasteiger partial charge in [0.25, 0.3) is 0 Å². The molecule has 1 unspecified atom stereocenters. The van der Waals surface area contributed by atoms with E-state index in [2.05, 4.69) is 29.6 Å². The largest absolute Gasteiger partial charge is 0.307 e. The molecule has 2 heteroatoms. The molecule has 0 amide bonds. The third-order valence-corrected chi connectivity index (χ3v) is 2.97. The van der Waals surface area contributed by atoms with Gasteiger partial charge in [0.2, 0.25) is 0 Å². The molecule has 1 atom stereocenters. The second-order valence-electron chi connectivity index (χ2n) is 3.73. The SMILES string of the molecule is Cc1cc(CC2C=CCN2)ccc1Cl. The first-order valence-electron chi connectivity index (χ1n) is 4.91. The zero-order valence-electron chi connectivity index (χ0n) is 8.26. The van der Waals surface area contributed by atoms with E-state index < -0.39 is 0 Å². The minimum atomic E-state index is 0.496. The number of hydrogen-bond acceptors (Lipinski definition) is 1. The topological polar surface area (TPSA) is 12.0 Å². The van der Waals surface area contributed by atoms with Gasteiger partial charge < -0.3 is 5.32 Å². The number of hydrogen-bond donors (Lipinski definition) is 1. The average molecular weight is 208 g/mol. The van der Waals surface area contributed by atoms with Crippen LogP contribution in [0.4, 0.5) is 0 Å². The van der Waals surface area contributed by atoms with Gasteiger partial charge in [-0.1, -0.05) is 35.9 Å². The Bertz CT molecular complexity index is 357. The Morgan fingerprint density at radius 1 is 1.50 bits per heavy atom. The molecule has 0 bridgehead atoms. The quantitative estimate of drug-likeness (QED) is 0.736. The smallest absolute Gasteiger partial charge is 0.0435 e. The van der Waals surface area contributed by atoms with Crippen molar-refractivity contribution in [3.8, 4) is 0 Å². The van der Waals surface area contributed by atoms with Crippen LogP contribution in [-0.2, 0) is 6.42 Å². The molecular formula is C12H14ClN. The summed E-state index contributed by atoms with van der Waals surface area (Å²) in [4.78, 5) is 0. The van der Waals surface area contributed by atoms with E-state index in [0.717, 1.165) is 23.6 Å². The standard InChI is InChI=1S/C12H14ClN/c1-9-7-10(4-5-12(9)13)8-11-3-2-6-14-11/h2-5,7,11,14H,6,8H2,1H3. The van der Waals surface area contributed by atoms with Crippen LogP contribution in [0.1, 0.15) is 11.1 Å². The Hall–Kier alpha value is -0.790. The monoisotopic (exact) mass is 207 g/mol. The molecule has 0 spiro atoms. The third kappa shape index (κ3) is 2.17. The van der Waals surface area contributed by atoms with Gasteiger partial charge >= 0.3 is 0 Å². The summed E-state index contributed by atoms with van der Waals surface area (Å²) in [5.41, 5.74) is 2.50. The molecule has 74 valence electrons. The van der Waals surface area contributed by atoms with E-state index in [-0.39, 0.29) is 0 Å². The highest BCUT2D eigenvalue weighted by Gasteiger charge is 2.09. The van der Waals surface area contributed by atoms with Gasteiger partial charge in [-0.25, -0.2) is 0 Å².